The van der Waals surface area contributed by atoms with E-state index in [0.29, 0.717) is 6.42 Å². The van der Waals surface area contributed by atoms with Crippen molar-refractivity contribution in [3.63, 3.8) is 0 Å². The van der Waals surface area contributed by atoms with Gasteiger partial charge in [0, 0.05) is 18.0 Å². The van der Waals surface area contributed by atoms with Crippen molar-refractivity contribution in [2.45, 2.75) is 51.5 Å². The summed E-state index contributed by atoms with van der Waals surface area (Å²) in [5.41, 5.74) is 3.97. The number of aromatic amines is 1. The Morgan fingerprint density at radius 1 is 1.17 bits per heavy atom. The Bertz CT molecular complexity index is 1010. The number of nitrogens with zero attached hydrogens (tertiary/aromatic N) is 1. The van der Waals surface area contributed by atoms with E-state index in [1.165, 1.54) is 5.56 Å². The summed E-state index contributed by atoms with van der Waals surface area (Å²) in [6.07, 6.45) is 3.47. The topological polar surface area (TPSA) is 86.9 Å². The molecule has 4 rings (SSSR count). The predicted octanol–water partition coefficient (Wildman–Crippen LogP) is 4.15. The Morgan fingerprint density at radius 3 is 2.67 bits per heavy atom. The van der Waals surface area contributed by atoms with Crippen LogP contribution in [0.4, 0.5) is 5.69 Å². The highest BCUT2D eigenvalue weighted by atomic mass is 16.2. The van der Waals surface area contributed by atoms with Crippen LogP contribution in [0.1, 0.15) is 50.4 Å². The van der Waals surface area contributed by atoms with Crippen LogP contribution in [-0.2, 0) is 16.0 Å². The van der Waals surface area contributed by atoms with Crippen LogP contribution in [0.5, 0.6) is 0 Å². The highest BCUT2D eigenvalue weighted by Crippen LogP contribution is 2.48. The number of rotatable bonds is 8. The number of amides is 2. The zero-order valence-corrected chi connectivity index (χ0v) is 17.4. The molecule has 2 aromatic carbocycles. The van der Waals surface area contributed by atoms with Gasteiger partial charge < -0.3 is 15.6 Å². The molecular formula is C24H28N4O2. The van der Waals surface area contributed by atoms with Gasteiger partial charge >= 0.3 is 0 Å². The number of hydrogen-bond donors (Lipinski definition) is 3. The summed E-state index contributed by atoms with van der Waals surface area (Å²) in [4.78, 5) is 32.8. The minimum atomic E-state index is -0.587. The number of carbonyl (C=O) groups excluding carboxylic acids is 2. The van der Waals surface area contributed by atoms with Crippen molar-refractivity contribution in [2.24, 2.45) is 5.92 Å². The Morgan fingerprint density at radius 2 is 1.93 bits per heavy atom. The summed E-state index contributed by atoms with van der Waals surface area (Å²) in [6, 6.07) is 15.2. The summed E-state index contributed by atoms with van der Waals surface area (Å²) < 4.78 is 0. The second kappa shape index (κ2) is 8.69. The van der Waals surface area contributed by atoms with Gasteiger partial charge in [0.2, 0.25) is 11.8 Å². The zero-order chi connectivity index (χ0) is 21.1. The first kappa shape index (κ1) is 20.1. The smallest absolute Gasteiger partial charge is 0.246 e. The number of H-pyrrole nitrogens is 1. The number of imidazole rings is 1. The largest absolute Gasteiger partial charge is 0.345 e. The number of para-hydroxylation sites is 2. The van der Waals surface area contributed by atoms with Crippen molar-refractivity contribution in [2.75, 3.05) is 5.32 Å². The number of aromatic nitrogens is 2. The van der Waals surface area contributed by atoms with Gasteiger partial charge in [0.1, 0.15) is 11.9 Å². The quantitative estimate of drug-likeness (QED) is 0.527. The average molecular weight is 405 g/mol. The third-order valence-electron chi connectivity index (χ3n) is 5.66. The molecule has 0 radical (unpaired) electrons. The number of carbonyl (C=O) groups is 2. The molecule has 1 aliphatic carbocycles. The molecule has 30 heavy (non-hydrogen) atoms. The van der Waals surface area contributed by atoms with E-state index in [1.54, 1.807) is 6.92 Å². The molecule has 3 atom stereocenters. The van der Waals surface area contributed by atoms with Crippen LogP contribution < -0.4 is 10.6 Å². The molecule has 0 saturated heterocycles. The molecule has 3 aromatic rings. The van der Waals surface area contributed by atoms with Crippen molar-refractivity contribution in [3.8, 4) is 0 Å². The fourth-order valence-corrected chi connectivity index (χ4v) is 3.85. The molecule has 156 valence electrons. The first-order valence-electron chi connectivity index (χ1n) is 10.7. The molecule has 2 amide bonds. The standard InChI is InChI=1S/C24H28N4O2/c1-3-6-16-9-11-18(12-10-16)26-24(30)15(2)25-22(29)14-17-13-19(17)23-27-20-7-4-5-8-21(20)28-23/h4-5,7-12,15,17,19H,3,6,13-14H2,1-2H3,(H,25,29)(H,26,30)(H,27,28)/t15-,17+,19+/m1/s1. The van der Waals surface area contributed by atoms with Crippen molar-refractivity contribution in [1.82, 2.24) is 15.3 Å². The van der Waals surface area contributed by atoms with E-state index in [-0.39, 0.29) is 23.7 Å². The molecule has 6 nitrogen and oxygen atoms in total. The maximum atomic E-state index is 12.4. The van der Waals surface area contributed by atoms with Crippen LogP contribution in [0.3, 0.4) is 0 Å². The Labute approximate surface area is 176 Å². The van der Waals surface area contributed by atoms with Crippen LogP contribution in [0.15, 0.2) is 48.5 Å². The summed E-state index contributed by atoms with van der Waals surface area (Å²) >= 11 is 0. The third kappa shape index (κ3) is 4.70. The van der Waals surface area contributed by atoms with Crippen molar-refractivity contribution >= 4 is 28.5 Å². The van der Waals surface area contributed by atoms with Crippen LogP contribution in [0, 0.1) is 5.92 Å². The second-order valence-electron chi connectivity index (χ2n) is 8.17. The average Bonchev–Trinajstić information content (AvgIpc) is 3.35. The van der Waals surface area contributed by atoms with E-state index in [0.717, 1.165) is 41.8 Å². The van der Waals surface area contributed by atoms with Gasteiger partial charge in [-0.25, -0.2) is 4.98 Å². The molecule has 1 saturated carbocycles. The predicted molar refractivity (Wildman–Crippen MR) is 118 cm³/mol. The lowest BCUT2D eigenvalue weighted by atomic mass is 10.1. The summed E-state index contributed by atoms with van der Waals surface area (Å²) in [6.45, 7) is 3.85. The lowest BCUT2D eigenvalue weighted by molar-refractivity contribution is -0.126. The number of nitrogens with one attached hydrogen (secondary N) is 3. The van der Waals surface area contributed by atoms with Crippen molar-refractivity contribution in [3.05, 3.63) is 59.9 Å². The monoisotopic (exact) mass is 404 g/mol. The van der Waals surface area contributed by atoms with Crippen molar-refractivity contribution in [1.29, 1.82) is 0 Å². The van der Waals surface area contributed by atoms with E-state index < -0.39 is 6.04 Å². The maximum Gasteiger partial charge on any atom is 0.246 e. The van der Waals surface area contributed by atoms with E-state index in [9.17, 15) is 9.59 Å². The maximum absolute atomic E-state index is 12.4. The van der Waals surface area contributed by atoms with Gasteiger partial charge in [-0.1, -0.05) is 37.6 Å². The van der Waals surface area contributed by atoms with E-state index in [1.807, 2.05) is 48.5 Å². The fraction of sp³-hybridized carbons (Fsp3) is 0.375. The van der Waals surface area contributed by atoms with Gasteiger partial charge in [0.25, 0.3) is 0 Å². The Hall–Kier alpha value is -3.15. The lowest BCUT2D eigenvalue weighted by Crippen LogP contribution is -2.41. The summed E-state index contributed by atoms with van der Waals surface area (Å²) in [5.74, 6) is 1.20. The molecule has 0 spiro atoms. The molecule has 1 fully saturated rings. The van der Waals surface area contributed by atoms with Gasteiger partial charge in [0.05, 0.1) is 11.0 Å². The summed E-state index contributed by atoms with van der Waals surface area (Å²) in [5, 5.41) is 5.69. The third-order valence-corrected chi connectivity index (χ3v) is 5.66. The van der Waals surface area contributed by atoms with Gasteiger partial charge in [-0.3, -0.25) is 9.59 Å². The minimum absolute atomic E-state index is 0.0976. The van der Waals surface area contributed by atoms with Crippen molar-refractivity contribution < 1.29 is 9.59 Å². The van der Waals surface area contributed by atoms with Gasteiger partial charge in [-0.2, -0.15) is 0 Å². The molecular weight excluding hydrogens is 376 g/mol. The number of anilines is 1. The second-order valence-corrected chi connectivity index (χ2v) is 8.17. The number of benzene rings is 2. The Kier molecular flexibility index (Phi) is 5.84. The molecule has 0 bridgehead atoms. The van der Waals surface area contributed by atoms with E-state index >= 15 is 0 Å². The molecule has 0 aliphatic heterocycles. The van der Waals surface area contributed by atoms with E-state index in [4.69, 9.17) is 0 Å². The number of aryl methyl sites for hydroxylation is 1. The molecule has 6 heteroatoms. The molecule has 0 unspecified atom stereocenters. The van der Waals surface area contributed by atoms with Crippen LogP contribution >= 0.6 is 0 Å². The normalized spacial score (nSPS) is 18.7. The van der Waals surface area contributed by atoms with Crippen LogP contribution in [-0.4, -0.2) is 27.8 Å². The Balaban J connectivity index is 1.25. The highest BCUT2D eigenvalue weighted by Gasteiger charge is 2.42. The van der Waals surface area contributed by atoms with Gasteiger partial charge in [-0.05, 0) is 55.5 Å². The minimum Gasteiger partial charge on any atom is -0.345 e. The fourth-order valence-electron chi connectivity index (χ4n) is 3.85. The first-order valence-corrected chi connectivity index (χ1v) is 10.7. The highest BCUT2D eigenvalue weighted by molar-refractivity contribution is 5.96. The van der Waals surface area contributed by atoms with Crippen LogP contribution in [0.2, 0.25) is 0 Å². The number of hydrogen-bond acceptors (Lipinski definition) is 3. The van der Waals surface area contributed by atoms with Gasteiger partial charge in [0.15, 0.2) is 0 Å². The first-order chi connectivity index (χ1) is 14.5. The molecule has 1 aliphatic rings. The molecule has 1 aromatic heterocycles. The van der Waals surface area contributed by atoms with Crippen LogP contribution in [0.25, 0.3) is 11.0 Å². The summed E-state index contributed by atoms with van der Waals surface area (Å²) in [7, 11) is 0. The van der Waals surface area contributed by atoms with E-state index in [2.05, 4.69) is 27.5 Å². The van der Waals surface area contributed by atoms with Gasteiger partial charge in [-0.15, -0.1) is 0 Å². The number of fused-ring (bicyclic) bond motifs is 1. The lowest BCUT2D eigenvalue weighted by Gasteiger charge is -2.14. The zero-order valence-electron chi connectivity index (χ0n) is 17.4. The molecule has 3 N–H and O–H groups in total. The SMILES string of the molecule is CCCc1ccc(NC(=O)[C@@H](C)NC(=O)C[C@@H]2C[C@@H]2c2nc3ccccc3[nH]2)cc1. The molecule has 1 heterocycles.